The summed E-state index contributed by atoms with van der Waals surface area (Å²) in [6, 6.07) is 4.16. The van der Waals surface area contributed by atoms with Crippen LogP contribution in [0.3, 0.4) is 0 Å². The highest BCUT2D eigenvalue weighted by Crippen LogP contribution is 2.17. The van der Waals surface area contributed by atoms with Crippen molar-refractivity contribution in [3.8, 4) is 0 Å². The molecule has 2 nitrogen and oxygen atoms in total. The number of halogens is 2. The van der Waals surface area contributed by atoms with Crippen LogP contribution in [0.15, 0.2) is 18.2 Å². The van der Waals surface area contributed by atoms with Crippen molar-refractivity contribution >= 4 is 0 Å². The molecule has 0 saturated carbocycles. The molecule has 2 rings (SSSR count). The average Bonchev–Trinajstić information content (AvgIpc) is 2.30. The third-order valence-corrected chi connectivity index (χ3v) is 3.68. The summed E-state index contributed by atoms with van der Waals surface area (Å²) in [5, 5.41) is 3.38. The fourth-order valence-electron chi connectivity index (χ4n) is 2.56. The van der Waals surface area contributed by atoms with Crippen molar-refractivity contribution in [1.29, 1.82) is 0 Å². The molecule has 0 aromatic heterocycles. The van der Waals surface area contributed by atoms with Crippen LogP contribution in [-0.4, -0.2) is 31.1 Å². The minimum atomic E-state index is -0.524. The highest BCUT2D eigenvalue weighted by Gasteiger charge is 2.23. The zero-order valence-electron chi connectivity index (χ0n) is 10.9. The Bertz CT molecular complexity index is 409. The lowest BCUT2D eigenvalue weighted by atomic mass is 9.94. The molecule has 2 unspecified atom stereocenters. The van der Waals surface area contributed by atoms with Gasteiger partial charge in [0, 0.05) is 30.8 Å². The summed E-state index contributed by atoms with van der Waals surface area (Å²) in [6.07, 6.45) is 1.07. The fraction of sp³-hybridized carbons (Fsp3) is 0.571. The molecule has 4 heteroatoms. The van der Waals surface area contributed by atoms with Crippen LogP contribution in [0.5, 0.6) is 0 Å². The molecule has 100 valence electrons. The van der Waals surface area contributed by atoms with Crippen LogP contribution in [0.25, 0.3) is 0 Å². The molecule has 1 aliphatic heterocycles. The maximum Gasteiger partial charge on any atom is 0.130 e. The highest BCUT2D eigenvalue weighted by molar-refractivity contribution is 5.18. The van der Waals surface area contributed by atoms with E-state index in [-0.39, 0.29) is 0 Å². The van der Waals surface area contributed by atoms with Crippen molar-refractivity contribution < 1.29 is 8.78 Å². The van der Waals surface area contributed by atoms with Gasteiger partial charge in [0.15, 0.2) is 0 Å². The Kier molecular flexibility index (Phi) is 4.30. The first-order valence-corrected chi connectivity index (χ1v) is 6.42. The van der Waals surface area contributed by atoms with Crippen molar-refractivity contribution in [1.82, 2.24) is 10.2 Å². The zero-order chi connectivity index (χ0) is 13.1. The summed E-state index contributed by atoms with van der Waals surface area (Å²) >= 11 is 0. The normalized spacial score (nSPS) is 25.3. The highest BCUT2D eigenvalue weighted by atomic mass is 19.1. The molecule has 0 spiro atoms. The lowest BCUT2D eigenvalue weighted by molar-refractivity contribution is 0.174. The summed E-state index contributed by atoms with van der Waals surface area (Å²) in [4.78, 5) is 2.31. The van der Waals surface area contributed by atoms with E-state index in [0.717, 1.165) is 25.6 Å². The van der Waals surface area contributed by atoms with Crippen molar-refractivity contribution in [2.24, 2.45) is 5.92 Å². The monoisotopic (exact) mass is 254 g/mol. The third-order valence-electron chi connectivity index (χ3n) is 3.68. The van der Waals surface area contributed by atoms with Crippen molar-refractivity contribution in [3.05, 3.63) is 35.4 Å². The first-order chi connectivity index (χ1) is 8.56. The Morgan fingerprint density at radius 1 is 1.39 bits per heavy atom. The summed E-state index contributed by atoms with van der Waals surface area (Å²) in [5.74, 6) is -0.445. The summed E-state index contributed by atoms with van der Waals surface area (Å²) in [7, 11) is 2.12. The van der Waals surface area contributed by atoms with E-state index in [9.17, 15) is 8.78 Å². The second-order valence-electron chi connectivity index (χ2n) is 5.25. The van der Waals surface area contributed by atoms with Gasteiger partial charge >= 0.3 is 0 Å². The second-order valence-corrected chi connectivity index (χ2v) is 5.25. The van der Waals surface area contributed by atoms with Crippen LogP contribution in [0.2, 0.25) is 0 Å². The summed E-state index contributed by atoms with van der Waals surface area (Å²) < 4.78 is 26.3. The number of piperidine rings is 1. The number of likely N-dealkylation sites (tertiary alicyclic amines) is 1. The van der Waals surface area contributed by atoms with Crippen molar-refractivity contribution in [2.45, 2.75) is 25.9 Å². The standard InChI is InChI=1S/C14H20F2N2/c1-10-9-18(2)6-5-14(10)17-8-11-3-4-12(15)7-13(11)16/h3-4,7,10,14,17H,5-6,8-9H2,1-2H3. The van der Waals surface area contributed by atoms with Crippen LogP contribution in [-0.2, 0) is 6.54 Å². The summed E-state index contributed by atoms with van der Waals surface area (Å²) in [6.45, 7) is 4.79. The molecule has 18 heavy (non-hydrogen) atoms. The zero-order valence-corrected chi connectivity index (χ0v) is 10.9. The quantitative estimate of drug-likeness (QED) is 0.891. The average molecular weight is 254 g/mol. The van der Waals surface area contributed by atoms with Crippen LogP contribution < -0.4 is 5.32 Å². The molecule has 1 heterocycles. The van der Waals surface area contributed by atoms with Gasteiger partial charge < -0.3 is 10.2 Å². The van der Waals surface area contributed by atoms with Crippen LogP contribution >= 0.6 is 0 Å². The van der Waals surface area contributed by atoms with Crippen molar-refractivity contribution in [2.75, 3.05) is 20.1 Å². The number of hydrogen-bond acceptors (Lipinski definition) is 2. The minimum absolute atomic E-state index is 0.408. The number of benzene rings is 1. The Balaban J connectivity index is 1.91. The lowest BCUT2D eigenvalue weighted by Gasteiger charge is -2.35. The van der Waals surface area contributed by atoms with Gasteiger partial charge in [-0.05, 0) is 32.0 Å². The van der Waals surface area contributed by atoms with E-state index in [1.54, 1.807) is 0 Å². The lowest BCUT2D eigenvalue weighted by Crippen LogP contribution is -2.46. The van der Waals surface area contributed by atoms with E-state index >= 15 is 0 Å². The van der Waals surface area contributed by atoms with E-state index in [0.29, 0.717) is 24.1 Å². The van der Waals surface area contributed by atoms with E-state index < -0.39 is 11.6 Å². The first-order valence-electron chi connectivity index (χ1n) is 6.42. The molecule has 0 radical (unpaired) electrons. The van der Waals surface area contributed by atoms with E-state index in [2.05, 4.69) is 24.2 Å². The van der Waals surface area contributed by atoms with Gasteiger partial charge in [0.05, 0.1) is 0 Å². The van der Waals surface area contributed by atoms with Gasteiger partial charge in [-0.1, -0.05) is 13.0 Å². The number of hydrogen-bond donors (Lipinski definition) is 1. The molecule has 1 aliphatic rings. The molecule has 0 aliphatic carbocycles. The van der Waals surface area contributed by atoms with Gasteiger partial charge in [-0.3, -0.25) is 0 Å². The van der Waals surface area contributed by atoms with E-state index in [4.69, 9.17) is 0 Å². The molecule has 2 atom stereocenters. The van der Waals surface area contributed by atoms with Gasteiger partial charge in [-0.2, -0.15) is 0 Å². The van der Waals surface area contributed by atoms with Crippen LogP contribution in [0.4, 0.5) is 8.78 Å². The maximum absolute atomic E-state index is 13.5. The van der Waals surface area contributed by atoms with Gasteiger partial charge in [0.2, 0.25) is 0 Å². The van der Waals surface area contributed by atoms with Gasteiger partial charge in [-0.15, -0.1) is 0 Å². The predicted octanol–water partition coefficient (Wildman–Crippen LogP) is 2.39. The van der Waals surface area contributed by atoms with Crippen LogP contribution in [0.1, 0.15) is 18.9 Å². The first kappa shape index (κ1) is 13.4. The minimum Gasteiger partial charge on any atom is -0.309 e. The van der Waals surface area contributed by atoms with Gasteiger partial charge in [0.1, 0.15) is 11.6 Å². The Labute approximate surface area is 107 Å². The molecule has 1 N–H and O–H groups in total. The summed E-state index contributed by atoms with van der Waals surface area (Å²) in [5.41, 5.74) is 0.530. The van der Waals surface area contributed by atoms with Gasteiger partial charge in [-0.25, -0.2) is 8.78 Å². The molecule has 0 bridgehead atoms. The Hall–Kier alpha value is -1.00. The van der Waals surface area contributed by atoms with E-state index in [1.165, 1.54) is 12.1 Å². The molecular weight excluding hydrogens is 234 g/mol. The molecule has 1 saturated heterocycles. The van der Waals surface area contributed by atoms with Gasteiger partial charge in [0.25, 0.3) is 0 Å². The van der Waals surface area contributed by atoms with E-state index in [1.807, 2.05) is 0 Å². The maximum atomic E-state index is 13.5. The number of rotatable bonds is 3. The molecule has 1 fully saturated rings. The number of nitrogens with one attached hydrogen (secondary N) is 1. The molecular formula is C14H20F2N2. The largest absolute Gasteiger partial charge is 0.309 e. The Morgan fingerprint density at radius 2 is 2.17 bits per heavy atom. The smallest absolute Gasteiger partial charge is 0.130 e. The predicted molar refractivity (Wildman–Crippen MR) is 68.3 cm³/mol. The molecule has 0 amide bonds. The number of nitrogens with zero attached hydrogens (tertiary/aromatic N) is 1. The topological polar surface area (TPSA) is 15.3 Å². The fourth-order valence-corrected chi connectivity index (χ4v) is 2.56. The SMILES string of the molecule is CC1CN(C)CCC1NCc1ccc(F)cc1F. The molecule has 1 aromatic rings. The van der Waals surface area contributed by atoms with Crippen molar-refractivity contribution in [3.63, 3.8) is 0 Å². The third kappa shape index (κ3) is 3.27. The second kappa shape index (κ2) is 5.76. The van der Waals surface area contributed by atoms with Crippen LogP contribution in [0, 0.1) is 17.6 Å². The Morgan fingerprint density at radius 3 is 2.83 bits per heavy atom. The molecule has 1 aromatic carbocycles.